The normalized spacial score (nSPS) is 13.2. The van der Waals surface area contributed by atoms with Gasteiger partial charge in [0.05, 0.1) is 19.6 Å². The number of carbonyl (C=O) groups excluding carboxylic acids is 2. The van der Waals surface area contributed by atoms with E-state index in [9.17, 15) is 14.4 Å². The first kappa shape index (κ1) is 24.3. The van der Waals surface area contributed by atoms with Crippen molar-refractivity contribution in [2.24, 2.45) is 5.92 Å². The molecule has 0 heterocycles. The van der Waals surface area contributed by atoms with E-state index < -0.39 is 18.1 Å². The van der Waals surface area contributed by atoms with Crippen LogP contribution < -0.4 is 10.6 Å². The van der Waals surface area contributed by atoms with Gasteiger partial charge in [0.1, 0.15) is 12.6 Å². The Balaban J connectivity index is 1.51. The average molecular weight is 455 g/mol. The highest BCUT2D eigenvalue weighted by Crippen LogP contribution is 2.44. The summed E-state index contributed by atoms with van der Waals surface area (Å²) in [5.74, 6) is -1.50. The van der Waals surface area contributed by atoms with Crippen LogP contribution in [0, 0.1) is 5.92 Å². The van der Waals surface area contributed by atoms with Crippen LogP contribution in [0.2, 0.25) is 0 Å². The van der Waals surface area contributed by atoms with E-state index in [0.717, 1.165) is 22.3 Å². The number of aliphatic carboxylic acids is 1. The van der Waals surface area contributed by atoms with Gasteiger partial charge in [-0.25, -0.2) is 4.79 Å². The molecule has 2 aromatic rings. The molecule has 0 spiro atoms. The van der Waals surface area contributed by atoms with E-state index in [1.165, 1.54) is 0 Å². The number of nitrogens with one attached hydrogen (secondary N) is 2. The molecule has 1 aliphatic carbocycles. The number of benzene rings is 2. The van der Waals surface area contributed by atoms with E-state index in [4.69, 9.17) is 14.6 Å². The Morgan fingerprint density at radius 3 is 2.15 bits per heavy atom. The lowest BCUT2D eigenvalue weighted by atomic mass is 9.98. The quantitative estimate of drug-likeness (QED) is 0.450. The smallest absolute Gasteiger partial charge is 0.407 e. The molecule has 0 aliphatic heterocycles. The van der Waals surface area contributed by atoms with E-state index >= 15 is 0 Å². The number of carboxylic acid groups (broad SMARTS) is 1. The van der Waals surface area contributed by atoms with E-state index in [0.29, 0.717) is 0 Å². The predicted octanol–water partition coefficient (Wildman–Crippen LogP) is 3.16. The van der Waals surface area contributed by atoms with Crippen LogP contribution >= 0.6 is 0 Å². The molecule has 8 nitrogen and oxygen atoms in total. The first-order valence-corrected chi connectivity index (χ1v) is 11.1. The van der Waals surface area contributed by atoms with Gasteiger partial charge >= 0.3 is 12.1 Å². The summed E-state index contributed by atoms with van der Waals surface area (Å²) in [6.07, 6.45) is -0.741. The van der Waals surface area contributed by atoms with Gasteiger partial charge in [-0.15, -0.1) is 0 Å². The van der Waals surface area contributed by atoms with Gasteiger partial charge < -0.3 is 25.2 Å². The third-order valence-corrected chi connectivity index (χ3v) is 5.57. The first-order valence-electron chi connectivity index (χ1n) is 11.1. The average Bonchev–Trinajstić information content (AvgIpc) is 3.11. The number of carbonyl (C=O) groups is 3. The minimum Gasteiger partial charge on any atom is -0.481 e. The van der Waals surface area contributed by atoms with E-state index in [-0.39, 0.29) is 50.5 Å². The molecule has 1 atom stereocenters. The van der Waals surface area contributed by atoms with Gasteiger partial charge in [0.2, 0.25) is 5.91 Å². The molecule has 0 fully saturated rings. The topological polar surface area (TPSA) is 114 Å². The molecule has 0 bridgehead atoms. The van der Waals surface area contributed by atoms with Crippen molar-refractivity contribution in [3.05, 3.63) is 59.7 Å². The second-order valence-corrected chi connectivity index (χ2v) is 8.24. The van der Waals surface area contributed by atoms with Crippen molar-refractivity contribution in [1.82, 2.24) is 10.6 Å². The molecular weight excluding hydrogens is 424 g/mol. The summed E-state index contributed by atoms with van der Waals surface area (Å²) in [4.78, 5) is 35.5. The molecular formula is C25H30N2O6. The second-order valence-electron chi connectivity index (χ2n) is 8.24. The third kappa shape index (κ3) is 6.32. The maximum atomic E-state index is 12.5. The van der Waals surface area contributed by atoms with Crippen molar-refractivity contribution < 1.29 is 29.0 Å². The number of rotatable bonds is 11. The summed E-state index contributed by atoms with van der Waals surface area (Å²) in [7, 11) is 0. The van der Waals surface area contributed by atoms with Crippen LogP contribution in [0.4, 0.5) is 4.79 Å². The van der Waals surface area contributed by atoms with Crippen LogP contribution in [0.3, 0.4) is 0 Å². The van der Waals surface area contributed by atoms with Gasteiger partial charge in [-0.05, 0) is 28.2 Å². The Labute approximate surface area is 193 Å². The van der Waals surface area contributed by atoms with Gasteiger partial charge in [-0.2, -0.15) is 0 Å². The number of amides is 2. The van der Waals surface area contributed by atoms with E-state index in [1.807, 2.05) is 50.2 Å². The third-order valence-electron chi connectivity index (χ3n) is 5.57. The molecule has 0 unspecified atom stereocenters. The molecule has 33 heavy (non-hydrogen) atoms. The standard InChI is InChI=1S/C25H30N2O6/c1-16(2)23(24(30)26-12-14-32-13-11-22(28)29)27-25(31)33-15-21-19-9-5-3-7-17(19)18-8-4-6-10-20(18)21/h3-10,16,21,23H,11-15H2,1-2H3,(H,26,30)(H,27,31)(H,28,29)/t23-/m0/s1. The van der Waals surface area contributed by atoms with Gasteiger partial charge in [-0.1, -0.05) is 62.4 Å². The van der Waals surface area contributed by atoms with Gasteiger partial charge in [0, 0.05) is 12.5 Å². The first-order chi connectivity index (χ1) is 15.9. The Bertz CT molecular complexity index is 945. The van der Waals surface area contributed by atoms with Crippen molar-refractivity contribution >= 4 is 18.0 Å². The van der Waals surface area contributed by atoms with Crippen molar-refractivity contribution in [2.75, 3.05) is 26.4 Å². The molecule has 0 saturated carbocycles. The fourth-order valence-electron chi connectivity index (χ4n) is 3.92. The molecule has 3 rings (SSSR count). The van der Waals surface area contributed by atoms with Crippen molar-refractivity contribution in [2.45, 2.75) is 32.2 Å². The predicted molar refractivity (Wildman–Crippen MR) is 123 cm³/mol. The lowest BCUT2D eigenvalue weighted by molar-refractivity contribution is -0.138. The SMILES string of the molecule is CC(C)[C@H](NC(=O)OCC1c2ccccc2-c2ccccc21)C(=O)NCCOCCC(=O)O. The molecule has 2 amide bonds. The lowest BCUT2D eigenvalue weighted by Crippen LogP contribution is -2.50. The van der Waals surface area contributed by atoms with Crippen molar-refractivity contribution in [1.29, 1.82) is 0 Å². The Morgan fingerprint density at radius 2 is 1.58 bits per heavy atom. The molecule has 1 aliphatic rings. The molecule has 0 radical (unpaired) electrons. The fraction of sp³-hybridized carbons (Fsp3) is 0.400. The van der Waals surface area contributed by atoms with Crippen LogP contribution in [0.15, 0.2) is 48.5 Å². The highest BCUT2D eigenvalue weighted by molar-refractivity contribution is 5.86. The number of ether oxygens (including phenoxy) is 2. The highest BCUT2D eigenvalue weighted by Gasteiger charge is 2.30. The van der Waals surface area contributed by atoms with Gasteiger partial charge in [-0.3, -0.25) is 9.59 Å². The van der Waals surface area contributed by atoms with E-state index in [2.05, 4.69) is 22.8 Å². The minimum absolute atomic E-state index is 0.0579. The molecule has 0 aromatic heterocycles. The van der Waals surface area contributed by atoms with E-state index in [1.54, 1.807) is 0 Å². The van der Waals surface area contributed by atoms with Gasteiger partial charge in [0.25, 0.3) is 0 Å². The summed E-state index contributed by atoms with van der Waals surface area (Å²) < 4.78 is 10.7. The van der Waals surface area contributed by atoms with Crippen molar-refractivity contribution in [3.63, 3.8) is 0 Å². The lowest BCUT2D eigenvalue weighted by Gasteiger charge is -2.22. The zero-order chi connectivity index (χ0) is 23.8. The maximum Gasteiger partial charge on any atom is 0.407 e. The monoisotopic (exact) mass is 454 g/mol. The summed E-state index contributed by atoms with van der Waals surface area (Å²) in [5.41, 5.74) is 4.53. The van der Waals surface area contributed by atoms with Crippen LogP contribution in [-0.4, -0.2) is 55.5 Å². The number of hydrogen-bond acceptors (Lipinski definition) is 5. The van der Waals surface area contributed by atoms with Crippen LogP contribution in [0.5, 0.6) is 0 Å². The fourth-order valence-corrected chi connectivity index (χ4v) is 3.92. The van der Waals surface area contributed by atoms with Crippen LogP contribution in [0.1, 0.15) is 37.3 Å². The molecule has 8 heteroatoms. The number of carboxylic acids is 1. The maximum absolute atomic E-state index is 12.5. The van der Waals surface area contributed by atoms with Gasteiger partial charge in [0.15, 0.2) is 0 Å². The summed E-state index contributed by atoms with van der Waals surface area (Å²) in [6.45, 7) is 4.32. The molecule has 176 valence electrons. The molecule has 2 aromatic carbocycles. The largest absolute Gasteiger partial charge is 0.481 e. The summed E-state index contributed by atoms with van der Waals surface area (Å²) in [5, 5.41) is 13.9. The molecule has 0 saturated heterocycles. The Morgan fingerprint density at radius 1 is 0.970 bits per heavy atom. The van der Waals surface area contributed by atoms with Crippen LogP contribution in [-0.2, 0) is 19.1 Å². The number of hydrogen-bond donors (Lipinski definition) is 3. The Kier molecular flexibility index (Phi) is 8.43. The zero-order valence-corrected chi connectivity index (χ0v) is 18.9. The summed E-state index contributed by atoms with van der Waals surface area (Å²) >= 11 is 0. The number of alkyl carbamates (subject to hydrolysis) is 1. The zero-order valence-electron chi connectivity index (χ0n) is 18.9. The van der Waals surface area contributed by atoms with Crippen molar-refractivity contribution in [3.8, 4) is 11.1 Å². The Hall–Kier alpha value is -3.39. The minimum atomic E-state index is -0.939. The highest BCUT2D eigenvalue weighted by atomic mass is 16.5. The second kappa shape index (κ2) is 11.5. The number of fused-ring (bicyclic) bond motifs is 3. The summed E-state index contributed by atoms with van der Waals surface area (Å²) in [6, 6.07) is 15.4. The molecule has 3 N–H and O–H groups in total. The van der Waals surface area contributed by atoms with Crippen LogP contribution in [0.25, 0.3) is 11.1 Å².